The van der Waals surface area contributed by atoms with Gasteiger partial charge in [-0.2, -0.15) is 0 Å². The molecule has 6 nitrogen and oxygen atoms in total. The van der Waals surface area contributed by atoms with Gasteiger partial charge in [0.15, 0.2) is 0 Å². The highest BCUT2D eigenvalue weighted by atomic mass is 79.9. The first-order chi connectivity index (χ1) is 8.99. The summed E-state index contributed by atoms with van der Waals surface area (Å²) in [5, 5.41) is 7.32. The van der Waals surface area contributed by atoms with Crippen LogP contribution in [0, 0.1) is 5.82 Å². The second-order valence-electron chi connectivity index (χ2n) is 3.64. The van der Waals surface area contributed by atoms with Crippen LogP contribution in [0.15, 0.2) is 40.0 Å². The van der Waals surface area contributed by atoms with E-state index < -0.39 is 15.8 Å². The number of aromatic nitrogens is 3. The lowest BCUT2D eigenvalue weighted by Gasteiger charge is -2.08. The lowest BCUT2D eigenvalue weighted by molar-refractivity contribution is 0.552. The average Bonchev–Trinajstić information content (AvgIpc) is 2.81. The van der Waals surface area contributed by atoms with Crippen molar-refractivity contribution in [2.45, 2.75) is 11.4 Å². The molecule has 0 aliphatic carbocycles. The van der Waals surface area contributed by atoms with Crippen molar-refractivity contribution in [1.82, 2.24) is 19.7 Å². The van der Waals surface area contributed by atoms with E-state index in [-0.39, 0.29) is 15.9 Å². The Morgan fingerprint density at radius 1 is 1.42 bits per heavy atom. The highest BCUT2D eigenvalue weighted by Crippen LogP contribution is 2.22. The Balaban J connectivity index is 2.05. The first kappa shape index (κ1) is 14.1. The summed E-state index contributed by atoms with van der Waals surface area (Å²) in [7, 11) is -3.69. The Bertz CT molecular complexity index is 660. The molecule has 1 heterocycles. The molecule has 19 heavy (non-hydrogen) atoms. The molecule has 0 spiro atoms. The fourth-order valence-corrected chi connectivity index (χ4v) is 3.49. The van der Waals surface area contributed by atoms with E-state index >= 15 is 0 Å². The van der Waals surface area contributed by atoms with Crippen LogP contribution in [0.2, 0.25) is 0 Å². The van der Waals surface area contributed by atoms with E-state index in [1.807, 2.05) is 0 Å². The van der Waals surface area contributed by atoms with Crippen LogP contribution in [-0.4, -0.2) is 30.0 Å². The zero-order valence-corrected chi connectivity index (χ0v) is 12.0. The molecule has 0 saturated heterocycles. The molecule has 9 heteroatoms. The molecule has 0 radical (unpaired) electrons. The van der Waals surface area contributed by atoms with Crippen molar-refractivity contribution in [3.05, 3.63) is 40.9 Å². The van der Waals surface area contributed by atoms with Crippen LogP contribution in [0.3, 0.4) is 0 Å². The van der Waals surface area contributed by atoms with Gasteiger partial charge in [0.1, 0.15) is 5.82 Å². The fourth-order valence-electron chi connectivity index (χ4n) is 1.42. The van der Waals surface area contributed by atoms with Gasteiger partial charge in [0.05, 0.1) is 17.6 Å². The first-order valence-electron chi connectivity index (χ1n) is 5.28. The van der Waals surface area contributed by atoms with Crippen molar-refractivity contribution in [1.29, 1.82) is 0 Å². The molecule has 2 aromatic rings. The minimum absolute atomic E-state index is 0.00695. The summed E-state index contributed by atoms with van der Waals surface area (Å²) in [4.78, 5) is -0.00695. The molecule has 0 fully saturated rings. The molecule has 0 aliphatic heterocycles. The van der Waals surface area contributed by atoms with Crippen molar-refractivity contribution in [3.8, 4) is 0 Å². The van der Waals surface area contributed by atoms with Crippen molar-refractivity contribution < 1.29 is 12.8 Å². The summed E-state index contributed by atoms with van der Waals surface area (Å²) in [6.07, 6.45) is 3.13. The summed E-state index contributed by atoms with van der Waals surface area (Å²) in [6.45, 7) is 0.521. The summed E-state index contributed by atoms with van der Waals surface area (Å²) in [5.74, 6) is -0.506. The van der Waals surface area contributed by atoms with Gasteiger partial charge in [-0.25, -0.2) is 17.5 Å². The quantitative estimate of drug-likeness (QED) is 0.879. The number of hydrogen-bond donors (Lipinski definition) is 1. The van der Waals surface area contributed by atoms with Crippen LogP contribution in [0.1, 0.15) is 0 Å². The highest BCUT2D eigenvalue weighted by Gasteiger charge is 2.17. The molecule has 2 rings (SSSR count). The topological polar surface area (TPSA) is 76.9 Å². The standard InChI is InChI=1S/C10H10BrFN4O2S/c11-9-7-8(12)1-2-10(9)19(17,18)14-4-6-16-5-3-13-15-16/h1-3,5,7,14H,4,6H2. The average molecular weight is 349 g/mol. The van der Waals surface area contributed by atoms with E-state index in [1.54, 1.807) is 6.20 Å². The molecular formula is C10H10BrFN4O2S. The molecule has 0 amide bonds. The van der Waals surface area contributed by atoms with Crippen LogP contribution >= 0.6 is 15.9 Å². The zero-order chi connectivity index (χ0) is 13.9. The van der Waals surface area contributed by atoms with Crippen LogP contribution in [-0.2, 0) is 16.6 Å². The Kier molecular flexibility index (Phi) is 4.27. The van der Waals surface area contributed by atoms with E-state index in [0.29, 0.717) is 6.54 Å². The van der Waals surface area contributed by atoms with Crippen molar-refractivity contribution in [3.63, 3.8) is 0 Å². The van der Waals surface area contributed by atoms with Crippen molar-refractivity contribution >= 4 is 26.0 Å². The molecule has 0 aliphatic rings. The second-order valence-corrected chi connectivity index (χ2v) is 6.23. The number of nitrogens with one attached hydrogen (secondary N) is 1. The Hall–Kier alpha value is -1.32. The Morgan fingerprint density at radius 3 is 2.84 bits per heavy atom. The monoisotopic (exact) mass is 348 g/mol. The second kappa shape index (κ2) is 5.76. The van der Waals surface area contributed by atoms with E-state index in [1.165, 1.54) is 16.9 Å². The third-order valence-electron chi connectivity index (χ3n) is 2.29. The molecule has 102 valence electrons. The maximum Gasteiger partial charge on any atom is 0.241 e. The number of sulfonamides is 1. The zero-order valence-electron chi connectivity index (χ0n) is 9.62. The summed E-state index contributed by atoms with van der Waals surface area (Å²) in [6, 6.07) is 3.40. The third kappa shape index (κ3) is 3.58. The molecule has 0 saturated carbocycles. The SMILES string of the molecule is O=S(=O)(NCCn1ccnn1)c1ccc(F)cc1Br. The minimum Gasteiger partial charge on any atom is -0.251 e. The van der Waals surface area contributed by atoms with Crippen molar-refractivity contribution in [2.75, 3.05) is 6.54 Å². The van der Waals surface area contributed by atoms with Crippen molar-refractivity contribution in [2.24, 2.45) is 0 Å². The van der Waals surface area contributed by atoms with Gasteiger partial charge in [0.25, 0.3) is 0 Å². The third-order valence-corrected chi connectivity index (χ3v) is 4.73. The lowest BCUT2D eigenvalue weighted by atomic mass is 10.3. The number of hydrogen-bond acceptors (Lipinski definition) is 4. The van der Waals surface area contributed by atoms with Gasteiger partial charge in [-0.3, -0.25) is 4.68 Å². The van der Waals surface area contributed by atoms with Gasteiger partial charge in [0.2, 0.25) is 10.0 Å². The molecule has 0 unspecified atom stereocenters. The summed E-state index contributed by atoms with van der Waals surface area (Å²) in [5.41, 5.74) is 0. The van der Waals surface area contributed by atoms with Crippen LogP contribution in [0.5, 0.6) is 0 Å². The largest absolute Gasteiger partial charge is 0.251 e. The number of halogens is 2. The Morgan fingerprint density at radius 2 is 2.21 bits per heavy atom. The predicted molar refractivity (Wildman–Crippen MR) is 69.3 cm³/mol. The molecule has 1 N–H and O–H groups in total. The van der Waals surface area contributed by atoms with Gasteiger partial charge in [-0.1, -0.05) is 5.21 Å². The summed E-state index contributed by atoms with van der Waals surface area (Å²) >= 11 is 3.03. The van der Waals surface area contributed by atoms with Gasteiger partial charge in [-0.05, 0) is 34.1 Å². The van der Waals surface area contributed by atoms with Gasteiger partial charge in [-0.15, -0.1) is 5.10 Å². The maximum atomic E-state index is 12.9. The molecule has 1 aromatic carbocycles. The first-order valence-corrected chi connectivity index (χ1v) is 7.55. The lowest BCUT2D eigenvalue weighted by Crippen LogP contribution is -2.28. The summed E-state index contributed by atoms with van der Waals surface area (Å²) < 4.78 is 41.0. The van der Waals surface area contributed by atoms with Gasteiger partial charge >= 0.3 is 0 Å². The number of nitrogens with zero attached hydrogens (tertiary/aromatic N) is 3. The van der Waals surface area contributed by atoms with Gasteiger partial charge in [0, 0.05) is 17.2 Å². The normalized spacial score (nSPS) is 11.7. The molecule has 1 aromatic heterocycles. The predicted octanol–water partition coefficient (Wildman–Crippen LogP) is 1.16. The fraction of sp³-hybridized carbons (Fsp3) is 0.200. The van der Waals surface area contributed by atoms with E-state index in [4.69, 9.17) is 0 Å². The maximum absolute atomic E-state index is 12.9. The van der Waals surface area contributed by atoms with Gasteiger partial charge < -0.3 is 0 Å². The van der Waals surface area contributed by atoms with E-state index in [2.05, 4.69) is 31.0 Å². The molecular weight excluding hydrogens is 339 g/mol. The highest BCUT2D eigenvalue weighted by molar-refractivity contribution is 9.10. The number of rotatable bonds is 5. The van der Waals surface area contributed by atoms with E-state index in [0.717, 1.165) is 12.1 Å². The van der Waals surface area contributed by atoms with Crippen LogP contribution in [0.4, 0.5) is 4.39 Å². The van der Waals surface area contributed by atoms with Crippen LogP contribution < -0.4 is 4.72 Å². The molecule has 0 atom stereocenters. The smallest absolute Gasteiger partial charge is 0.241 e. The molecule has 0 bridgehead atoms. The Labute approximate surface area is 117 Å². The van der Waals surface area contributed by atoms with E-state index in [9.17, 15) is 12.8 Å². The number of benzene rings is 1. The minimum atomic E-state index is -3.69. The van der Waals surface area contributed by atoms with Crippen LogP contribution in [0.25, 0.3) is 0 Å².